The fourth-order valence-corrected chi connectivity index (χ4v) is 6.18. The second-order valence-corrected chi connectivity index (χ2v) is 11.9. The molecule has 0 aliphatic carbocycles. The Balaban J connectivity index is 2.83. The largest absolute Gasteiger partial charge is 0.496 e. The predicted octanol–water partition coefficient (Wildman–Crippen LogP) is 5.60. The lowest BCUT2D eigenvalue weighted by molar-refractivity contribution is 0.364. The second kappa shape index (κ2) is 5.96. The summed E-state index contributed by atoms with van der Waals surface area (Å²) in [4.78, 5) is 0. The van der Waals surface area contributed by atoms with Gasteiger partial charge in [0.15, 0.2) is 0 Å². The van der Waals surface area contributed by atoms with Crippen LogP contribution < -0.4 is 4.74 Å². The van der Waals surface area contributed by atoms with E-state index in [1.165, 1.54) is 12.1 Å². The molecule has 1 aromatic carbocycles. The normalized spacial score (nSPS) is 12.9. The van der Waals surface area contributed by atoms with Crippen LogP contribution in [0.15, 0.2) is 22.7 Å². The average molecular weight is 346 g/mol. The summed E-state index contributed by atoms with van der Waals surface area (Å²) in [6.45, 7) is 13.6. The van der Waals surface area contributed by atoms with Gasteiger partial charge >= 0.3 is 0 Å². The number of hydrogen-bond acceptors (Lipinski definition) is 1. The topological polar surface area (TPSA) is 9.23 Å². The zero-order chi connectivity index (χ0) is 14.8. The van der Waals surface area contributed by atoms with Gasteiger partial charge in [-0.25, -0.2) is 4.39 Å². The molecule has 0 aliphatic rings. The molecule has 19 heavy (non-hydrogen) atoms. The highest BCUT2D eigenvalue weighted by Gasteiger charge is 2.37. The number of benzene rings is 1. The SMILES string of the molecule is CC(C)(C)[Si](COc1ccc(F)cc1Br)C(C)(C)C. The summed E-state index contributed by atoms with van der Waals surface area (Å²) in [5.41, 5.74) is 0. The van der Waals surface area contributed by atoms with Gasteiger partial charge in [-0.3, -0.25) is 0 Å². The minimum atomic E-state index is -0.737. The molecule has 0 aromatic heterocycles. The molecule has 0 atom stereocenters. The average Bonchev–Trinajstić information content (AvgIpc) is 2.17. The van der Waals surface area contributed by atoms with Gasteiger partial charge in [-0.2, -0.15) is 0 Å². The van der Waals surface area contributed by atoms with Crippen molar-refractivity contribution >= 4 is 24.7 Å². The zero-order valence-electron chi connectivity index (χ0n) is 12.6. The first-order chi connectivity index (χ1) is 8.51. The van der Waals surface area contributed by atoms with Crippen molar-refractivity contribution in [3.05, 3.63) is 28.5 Å². The van der Waals surface area contributed by atoms with Gasteiger partial charge in [-0.05, 0) is 44.2 Å². The van der Waals surface area contributed by atoms with Gasteiger partial charge in [0.2, 0.25) is 0 Å². The van der Waals surface area contributed by atoms with Crippen molar-refractivity contribution in [1.29, 1.82) is 0 Å². The van der Waals surface area contributed by atoms with Crippen LogP contribution in [-0.4, -0.2) is 15.0 Å². The Morgan fingerprint density at radius 2 is 1.63 bits per heavy atom. The van der Waals surface area contributed by atoms with E-state index in [1.54, 1.807) is 6.07 Å². The lowest BCUT2D eigenvalue weighted by atomic mass is 10.2. The molecular weight excluding hydrogens is 323 g/mol. The Labute approximate surface area is 126 Å². The van der Waals surface area contributed by atoms with Crippen molar-refractivity contribution in [2.45, 2.75) is 51.6 Å². The van der Waals surface area contributed by atoms with Crippen molar-refractivity contribution in [1.82, 2.24) is 0 Å². The van der Waals surface area contributed by atoms with Gasteiger partial charge < -0.3 is 4.74 Å². The quantitative estimate of drug-likeness (QED) is 0.647. The summed E-state index contributed by atoms with van der Waals surface area (Å²) in [6.07, 6.45) is 0.724. The molecule has 0 amide bonds. The van der Waals surface area contributed by atoms with Crippen molar-refractivity contribution in [3.8, 4) is 5.75 Å². The van der Waals surface area contributed by atoms with Crippen LogP contribution in [0.5, 0.6) is 5.75 Å². The van der Waals surface area contributed by atoms with Gasteiger partial charge in [0.25, 0.3) is 0 Å². The lowest BCUT2D eigenvalue weighted by Gasteiger charge is -2.38. The van der Waals surface area contributed by atoms with Gasteiger partial charge in [0.05, 0.1) is 10.7 Å². The third-order valence-corrected chi connectivity index (χ3v) is 7.75. The second-order valence-electron chi connectivity index (χ2n) is 6.84. The Morgan fingerprint density at radius 1 is 1.11 bits per heavy atom. The molecule has 0 saturated carbocycles. The van der Waals surface area contributed by atoms with E-state index < -0.39 is 8.80 Å². The molecule has 0 N–H and O–H groups in total. The van der Waals surface area contributed by atoms with E-state index in [-0.39, 0.29) is 15.9 Å². The molecule has 1 nitrogen and oxygen atoms in total. The van der Waals surface area contributed by atoms with Crippen LogP contribution in [0.1, 0.15) is 41.5 Å². The number of ether oxygens (including phenoxy) is 1. The van der Waals surface area contributed by atoms with Crippen LogP contribution in [0.4, 0.5) is 4.39 Å². The van der Waals surface area contributed by atoms with E-state index in [0.29, 0.717) is 4.47 Å². The molecule has 0 spiro atoms. The molecule has 1 radical (unpaired) electrons. The van der Waals surface area contributed by atoms with E-state index in [4.69, 9.17) is 4.74 Å². The van der Waals surface area contributed by atoms with E-state index in [1.807, 2.05) is 0 Å². The van der Waals surface area contributed by atoms with Gasteiger partial charge in [0, 0.05) is 0 Å². The minimum absolute atomic E-state index is 0.253. The molecule has 107 valence electrons. The Hall–Kier alpha value is -0.353. The van der Waals surface area contributed by atoms with Crippen LogP contribution in [0, 0.1) is 5.82 Å². The maximum Gasteiger partial charge on any atom is 0.133 e. The highest BCUT2D eigenvalue weighted by Crippen LogP contribution is 2.42. The third kappa shape index (κ3) is 4.92. The summed E-state index contributed by atoms with van der Waals surface area (Å²) in [7, 11) is -0.737. The zero-order valence-corrected chi connectivity index (χ0v) is 15.2. The predicted molar refractivity (Wildman–Crippen MR) is 84.8 cm³/mol. The van der Waals surface area contributed by atoms with Gasteiger partial charge in [0.1, 0.15) is 20.4 Å². The Kier molecular flexibility index (Phi) is 5.24. The smallest absolute Gasteiger partial charge is 0.133 e. The van der Waals surface area contributed by atoms with Crippen molar-refractivity contribution in [2.24, 2.45) is 0 Å². The minimum Gasteiger partial charge on any atom is -0.496 e. The molecule has 1 rings (SSSR count). The first-order valence-corrected chi connectivity index (χ1v) is 8.96. The highest BCUT2D eigenvalue weighted by molar-refractivity contribution is 9.10. The maximum absolute atomic E-state index is 13.0. The molecule has 0 unspecified atom stereocenters. The summed E-state index contributed by atoms with van der Waals surface area (Å²) in [5.74, 6) is 0.466. The summed E-state index contributed by atoms with van der Waals surface area (Å²) in [5, 5.41) is 0.519. The first kappa shape index (κ1) is 16.7. The van der Waals surface area contributed by atoms with Gasteiger partial charge in [-0.1, -0.05) is 41.5 Å². The van der Waals surface area contributed by atoms with Crippen LogP contribution >= 0.6 is 15.9 Å². The van der Waals surface area contributed by atoms with Crippen molar-refractivity contribution < 1.29 is 9.13 Å². The van der Waals surface area contributed by atoms with E-state index in [9.17, 15) is 4.39 Å². The third-order valence-electron chi connectivity index (χ3n) is 3.08. The number of halogens is 2. The molecule has 0 saturated heterocycles. The van der Waals surface area contributed by atoms with Gasteiger partial charge in [-0.15, -0.1) is 0 Å². The molecule has 0 bridgehead atoms. The maximum atomic E-state index is 13.0. The van der Waals surface area contributed by atoms with Crippen molar-refractivity contribution in [3.63, 3.8) is 0 Å². The van der Waals surface area contributed by atoms with Crippen molar-refractivity contribution in [2.75, 3.05) is 6.23 Å². The van der Waals surface area contributed by atoms with E-state index in [0.717, 1.165) is 12.0 Å². The molecule has 0 aliphatic heterocycles. The lowest BCUT2D eigenvalue weighted by Crippen LogP contribution is -2.40. The van der Waals surface area contributed by atoms with Crippen LogP contribution in [0.2, 0.25) is 10.1 Å². The number of hydrogen-bond donors (Lipinski definition) is 0. The Bertz CT molecular complexity index is 421. The summed E-state index contributed by atoms with van der Waals surface area (Å²) >= 11 is 3.34. The summed E-state index contributed by atoms with van der Waals surface area (Å²) < 4.78 is 19.7. The molecule has 0 fully saturated rings. The van der Waals surface area contributed by atoms with Crippen LogP contribution in [-0.2, 0) is 0 Å². The van der Waals surface area contributed by atoms with E-state index >= 15 is 0 Å². The molecule has 4 heteroatoms. The van der Waals surface area contributed by atoms with Crippen LogP contribution in [0.3, 0.4) is 0 Å². The number of rotatable bonds is 3. The molecule has 0 heterocycles. The summed E-state index contributed by atoms with van der Waals surface area (Å²) in [6, 6.07) is 4.56. The molecular formula is C15H23BrFOSi. The fraction of sp³-hybridized carbons (Fsp3) is 0.600. The monoisotopic (exact) mass is 345 g/mol. The first-order valence-electron chi connectivity index (χ1n) is 6.46. The van der Waals surface area contributed by atoms with Crippen LogP contribution in [0.25, 0.3) is 0 Å². The molecule has 1 aromatic rings. The fourth-order valence-electron chi connectivity index (χ4n) is 2.30. The Morgan fingerprint density at radius 3 is 2.05 bits per heavy atom. The van der Waals surface area contributed by atoms with E-state index in [2.05, 4.69) is 57.5 Å². The standard InChI is InChI=1S/C15H23BrFOSi/c1-14(2,3)19(15(4,5)6)10-18-13-8-7-11(17)9-12(13)16/h7-9H,10H2,1-6H3. The highest BCUT2D eigenvalue weighted by atomic mass is 79.9.